The molecule has 5 rings (SSSR count). The van der Waals surface area contributed by atoms with Crippen LogP contribution < -0.4 is 10.1 Å². The molecule has 0 aliphatic carbocycles. The molecular weight excluding hydrogens is 472 g/mol. The number of rotatable bonds is 7. The number of halogens is 1. The summed E-state index contributed by atoms with van der Waals surface area (Å²) in [6.07, 6.45) is 0. The van der Waals surface area contributed by atoms with Crippen LogP contribution in [0.5, 0.6) is 5.75 Å². The SMILES string of the molecule is O=C1COc2ccc(C(=O)CSc3nnc(-c4ccc(Cl)cc4)n3Cc3ccccc3)cc2N1. The van der Waals surface area contributed by atoms with Gasteiger partial charge in [-0.15, -0.1) is 10.2 Å². The Morgan fingerprint density at radius 3 is 2.65 bits per heavy atom. The minimum Gasteiger partial charge on any atom is -0.482 e. The van der Waals surface area contributed by atoms with Crippen molar-refractivity contribution in [1.29, 1.82) is 0 Å². The van der Waals surface area contributed by atoms with E-state index in [-0.39, 0.29) is 24.1 Å². The first-order chi connectivity index (χ1) is 16.6. The van der Waals surface area contributed by atoms with E-state index in [0.29, 0.717) is 39.5 Å². The fourth-order valence-corrected chi connectivity index (χ4v) is 4.54. The van der Waals surface area contributed by atoms with E-state index in [1.54, 1.807) is 18.2 Å². The summed E-state index contributed by atoms with van der Waals surface area (Å²) >= 11 is 7.37. The highest BCUT2D eigenvalue weighted by Crippen LogP contribution is 2.30. The minimum atomic E-state index is -0.241. The first-order valence-electron chi connectivity index (χ1n) is 10.5. The van der Waals surface area contributed by atoms with Gasteiger partial charge in [0.15, 0.2) is 23.4 Å². The number of ketones is 1. The molecule has 0 saturated carbocycles. The van der Waals surface area contributed by atoms with Crippen molar-refractivity contribution in [2.75, 3.05) is 17.7 Å². The first-order valence-corrected chi connectivity index (χ1v) is 11.9. The van der Waals surface area contributed by atoms with Crippen LogP contribution in [0.1, 0.15) is 15.9 Å². The van der Waals surface area contributed by atoms with Gasteiger partial charge in [0.2, 0.25) is 0 Å². The number of aromatic nitrogens is 3. The van der Waals surface area contributed by atoms with Crippen molar-refractivity contribution in [2.24, 2.45) is 0 Å². The van der Waals surface area contributed by atoms with Gasteiger partial charge in [0.05, 0.1) is 18.0 Å². The molecule has 0 saturated heterocycles. The number of fused-ring (bicyclic) bond motifs is 1. The lowest BCUT2D eigenvalue weighted by Gasteiger charge is -2.18. The Kier molecular flexibility index (Phi) is 6.33. The molecule has 170 valence electrons. The molecule has 3 aromatic carbocycles. The van der Waals surface area contributed by atoms with E-state index in [1.165, 1.54) is 11.8 Å². The van der Waals surface area contributed by atoms with E-state index in [4.69, 9.17) is 16.3 Å². The third kappa shape index (κ3) is 4.83. The number of hydrogen-bond acceptors (Lipinski definition) is 6. The van der Waals surface area contributed by atoms with Gasteiger partial charge in [-0.2, -0.15) is 0 Å². The minimum absolute atomic E-state index is 0.0246. The quantitative estimate of drug-likeness (QED) is 0.291. The number of anilines is 1. The summed E-state index contributed by atoms with van der Waals surface area (Å²) in [4.78, 5) is 24.5. The molecule has 0 unspecified atom stereocenters. The molecule has 34 heavy (non-hydrogen) atoms. The lowest BCUT2D eigenvalue weighted by atomic mass is 10.1. The monoisotopic (exact) mass is 490 g/mol. The van der Waals surface area contributed by atoms with E-state index in [1.807, 2.05) is 59.2 Å². The number of benzene rings is 3. The van der Waals surface area contributed by atoms with Crippen LogP contribution >= 0.6 is 23.4 Å². The smallest absolute Gasteiger partial charge is 0.262 e. The molecule has 0 fully saturated rings. The van der Waals surface area contributed by atoms with E-state index in [0.717, 1.165) is 11.1 Å². The number of amides is 1. The van der Waals surface area contributed by atoms with Crippen LogP contribution in [-0.4, -0.2) is 38.8 Å². The molecule has 1 N–H and O–H groups in total. The topological polar surface area (TPSA) is 86.1 Å². The van der Waals surface area contributed by atoms with Gasteiger partial charge in [-0.25, -0.2) is 0 Å². The number of nitrogens with one attached hydrogen (secondary N) is 1. The van der Waals surface area contributed by atoms with Crippen LogP contribution in [0.3, 0.4) is 0 Å². The van der Waals surface area contributed by atoms with Crippen LogP contribution in [0.15, 0.2) is 78.0 Å². The molecule has 4 aromatic rings. The number of thioether (sulfide) groups is 1. The predicted molar refractivity (Wildman–Crippen MR) is 132 cm³/mol. The Labute approximate surface area is 205 Å². The number of carbonyl (C=O) groups is 2. The maximum Gasteiger partial charge on any atom is 0.262 e. The zero-order chi connectivity index (χ0) is 23.5. The number of Topliss-reactive ketones (excluding diaryl/α,β-unsaturated/α-hetero) is 1. The molecule has 7 nitrogen and oxygen atoms in total. The van der Waals surface area contributed by atoms with Crippen LogP contribution in [0, 0.1) is 0 Å². The number of carbonyl (C=O) groups excluding carboxylic acids is 2. The van der Waals surface area contributed by atoms with Gasteiger partial charge < -0.3 is 10.1 Å². The van der Waals surface area contributed by atoms with Crippen LogP contribution in [0.25, 0.3) is 11.4 Å². The molecule has 1 aliphatic heterocycles. The van der Waals surface area contributed by atoms with E-state index in [2.05, 4.69) is 15.5 Å². The second-order valence-electron chi connectivity index (χ2n) is 7.64. The van der Waals surface area contributed by atoms with E-state index < -0.39 is 0 Å². The highest BCUT2D eigenvalue weighted by Gasteiger charge is 2.20. The molecule has 1 amide bonds. The van der Waals surface area contributed by atoms with Crippen molar-refractivity contribution >= 4 is 40.7 Å². The fraction of sp³-hybridized carbons (Fsp3) is 0.120. The molecule has 1 aromatic heterocycles. The van der Waals surface area contributed by atoms with E-state index in [9.17, 15) is 9.59 Å². The Morgan fingerprint density at radius 1 is 1.06 bits per heavy atom. The van der Waals surface area contributed by atoms with Gasteiger partial charge in [0.25, 0.3) is 5.91 Å². The van der Waals surface area contributed by atoms with Gasteiger partial charge in [0, 0.05) is 16.1 Å². The molecule has 0 spiro atoms. The summed E-state index contributed by atoms with van der Waals surface area (Å²) in [5.41, 5.74) is 2.97. The van der Waals surface area contributed by atoms with Gasteiger partial charge in [-0.3, -0.25) is 14.2 Å². The average Bonchev–Trinajstić information content (AvgIpc) is 3.25. The van der Waals surface area contributed by atoms with Crippen molar-refractivity contribution in [1.82, 2.24) is 14.8 Å². The molecule has 0 radical (unpaired) electrons. The zero-order valence-corrected chi connectivity index (χ0v) is 19.5. The number of ether oxygens (including phenoxy) is 1. The Morgan fingerprint density at radius 2 is 1.85 bits per heavy atom. The molecule has 2 heterocycles. The Hall–Kier alpha value is -3.62. The van der Waals surface area contributed by atoms with Gasteiger partial charge >= 0.3 is 0 Å². The van der Waals surface area contributed by atoms with Gasteiger partial charge in [-0.1, -0.05) is 53.7 Å². The second kappa shape index (κ2) is 9.70. The molecular formula is C25H19ClN4O3S. The predicted octanol–water partition coefficient (Wildman–Crippen LogP) is 4.95. The highest BCUT2D eigenvalue weighted by molar-refractivity contribution is 7.99. The Bertz CT molecular complexity index is 1360. The fourth-order valence-electron chi connectivity index (χ4n) is 3.59. The van der Waals surface area contributed by atoms with Crippen molar-refractivity contribution in [2.45, 2.75) is 11.7 Å². The first kappa shape index (κ1) is 22.2. The largest absolute Gasteiger partial charge is 0.482 e. The molecule has 0 atom stereocenters. The molecule has 1 aliphatic rings. The summed E-state index contributed by atoms with van der Waals surface area (Å²) < 4.78 is 7.36. The maximum atomic E-state index is 12.9. The van der Waals surface area contributed by atoms with Crippen molar-refractivity contribution in [3.63, 3.8) is 0 Å². The standard InChI is InChI=1S/C25H19ClN4O3S/c26-19-9-6-17(7-10-19)24-28-29-25(30(24)13-16-4-2-1-3-5-16)34-15-21(31)18-8-11-22-20(12-18)27-23(32)14-33-22/h1-12H,13-15H2,(H,27,32). The number of hydrogen-bond donors (Lipinski definition) is 1. The number of nitrogens with zero attached hydrogens (tertiary/aromatic N) is 3. The third-order valence-corrected chi connectivity index (χ3v) is 6.49. The molecule has 9 heteroatoms. The summed E-state index contributed by atoms with van der Waals surface area (Å²) in [5.74, 6) is 1.09. The van der Waals surface area contributed by atoms with Crippen molar-refractivity contribution in [3.8, 4) is 17.1 Å². The molecule has 0 bridgehead atoms. The zero-order valence-electron chi connectivity index (χ0n) is 17.9. The van der Waals surface area contributed by atoms with E-state index >= 15 is 0 Å². The highest BCUT2D eigenvalue weighted by atomic mass is 35.5. The van der Waals surface area contributed by atoms with Crippen LogP contribution in [-0.2, 0) is 11.3 Å². The summed E-state index contributed by atoms with van der Waals surface area (Å²) in [6.45, 7) is 0.535. The lowest BCUT2D eigenvalue weighted by molar-refractivity contribution is -0.118. The Balaban J connectivity index is 1.39. The average molecular weight is 491 g/mol. The van der Waals surface area contributed by atoms with Crippen molar-refractivity contribution < 1.29 is 14.3 Å². The summed E-state index contributed by atoms with van der Waals surface area (Å²) in [6, 6.07) is 22.5. The van der Waals surface area contributed by atoms with Gasteiger partial charge in [0.1, 0.15) is 5.75 Å². The summed E-state index contributed by atoms with van der Waals surface area (Å²) in [5, 5.41) is 12.8. The van der Waals surface area contributed by atoms with Crippen LogP contribution in [0.2, 0.25) is 5.02 Å². The summed E-state index contributed by atoms with van der Waals surface area (Å²) in [7, 11) is 0. The van der Waals surface area contributed by atoms with Crippen LogP contribution in [0.4, 0.5) is 5.69 Å². The normalized spacial score (nSPS) is 12.6. The lowest BCUT2D eigenvalue weighted by Crippen LogP contribution is -2.25. The maximum absolute atomic E-state index is 12.9. The third-order valence-electron chi connectivity index (χ3n) is 5.27. The second-order valence-corrected chi connectivity index (χ2v) is 9.02. The van der Waals surface area contributed by atoms with Crippen molar-refractivity contribution in [3.05, 3.63) is 88.9 Å². The van der Waals surface area contributed by atoms with Gasteiger partial charge in [-0.05, 0) is 48.0 Å².